The average Bonchev–Trinajstić information content (AvgIpc) is 2.65. The molecule has 0 fully saturated rings. The number of hydrogen-bond acceptors (Lipinski definition) is 6. The number of aliphatic hydroxyl groups excluding tert-OH is 1. The zero-order valence-corrected chi connectivity index (χ0v) is 17.0. The van der Waals surface area contributed by atoms with Gasteiger partial charge in [-0.3, -0.25) is 9.71 Å². The van der Waals surface area contributed by atoms with E-state index in [1.165, 1.54) is 12.1 Å². The van der Waals surface area contributed by atoms with Crippen molar-refractivity contribution < 1.29 is 17.9 Å². The molecule has 0 radical (unpaired) electrons. The molecule has 1 aromatic carbocycles. The van der Waals surface area contributed by atoms with Crippen molar-refractivity contribution in [3.8, 4) is 11.1 Å². The Balaban J connectivity index is 1.97. The van der Waals surface area contributed by atoms with Gasteiger partial charge in [-0.05, 0) is 62.2 Å². The molecule has 1 unspecified atom stereocenters. The monoisotopic (exact) mass is 416 g/mol. The van der Waals surface area contributed by atoms with Gasteiger partial charge in [0.25, 0.3) is 10.0 Å². The predicted octanol–water partition coefficient (Wildman–Crippen LogP) is 3.45. The summed E-state index contributed by atoms with van der Waals surface area (Å²) in [5, 5.41) is 12.2. The molecular formula is C20H21FN4O3S. The molecule has 2 aromatic heterocycles. The van der Waals surface area contributed by atoms with Crippen LogP contribution in [0.3, 0.4) is 0 Å². The van der Waals surface area contributed by atoms with Crippen molar-refractivity contribution >= 4 is 21.5 Å². The van der Waals surface area contributed by atoms with E-state index in [0.717, 1.165) is 11.6 Å². The van der Waals surface area contributed by atoms with Crippen LogP contribution in [-0.2, 0) is 10.0 Å². The third-order valence-corrected chi connectivity index (χ3v) is 5.54. The molecular weight excluding hydrogens is 395 g/mol. The Hall–Kier alpha value is -3.04. The fourth-order valence-corrected chi connectivity index (χ4v) is 3.99. The van der Waals surface area contributed by atoms with E-state index in [2.05, 4.69) is 20.0 Å². The summed E-state index contributed by atoms with van der Waals surface area (Å²) in [5.74, 6) is -0.366. The van der Waals surface area contributed by atoms with E-state index in [-0.39, 0.29) is 5.69 Å². The second-order valence-electron chi connectivity index (χ2n) is 6.65. The number of aliphatic hydroxyl groups is 1. The normalized spacial score (nSPS) is 12.4. The number of nitrogens with one attached hydrogen (secondary N) is 2. The number of benzene rings is 1. The van der Waals surface area contributed by atoms with Crippen molar-refractivity contribution in [2.45, 2.75) is 31.9 Å². The molecule has 0 amide bonds. The Bertz CT molecular complexity index is 1150. The van der Waals surface area contributed by atoms with Crippen molar-refractivity contribution in [3.05, 3.63) is 65.9 Å². The lowest BCUT2D eigenvalue weighted by atomic mass is 10.1. The molecule has 0 bridgehead atoms. The van der Waals surface area contributed by atoms with Gasteiger partial charge in [-0.25, -0.2) is 17.8 Å². The summed E-state index contributed by atoms with van der Waals surface area (Å²) in [7, 11) is -4.13. The van der Waals surface area contributed by atoms with Crippen LogP contribution < -0.4 is 10.0 Å². The van der Waals surface area contributed by atoms with Crippen LogP contribution in [-0.4, -0.2) is 29.7 Å². The fourth-order valence-electron chi connectivity index (χ4n) is 2.71. The molecule has 0 saturated heterocycles. The van der Waals surface area contributed by atoms with Gasteiger partial charge in [0.15, 0.2) is 0 Å². The number of halogens is 1. The van der Waals surface area contributed by atoms with E-state index in [1.807, 2.05) is 0 Å². The summed E-state index contributed by atoms with van der Waals surface area (Å²) in [6.07, 6.45) is 2.38. The highest BCUT2D eigenvalue weighted by molar-refractivity contribution is 7.92. The van der Waals surface area contributed by atoms with Crippen LogP contribution in [0.4, 0.5) is 15.9 Å². The molecule has 29 heavy (non-hydrogen) atoms. The summed E-state index contributed by atoms with van der Waals surface area (Å²) >= 11 is 0. The molecule has 1 atom stereocenters. The lowest BCUT2D eigenvalue weighted by molar-refractivity contribution is 0.224. The lowest BCUT2D eigenvalue weighted by Crippen LogP contribution is -2.16. The average molecular weight is 416 g/mol. The van der Waals surface area contributed by atoms with Gasteiger partial charge in [-0.15, -0.1) is 0 Å². The zero-order valence-electron chi connectivity index (χ0n) is 16.1. The highest BCUT2D eigenvalue weighted by atomic mass is 32.2. The summed E-state index contributed by atoms with van der Waals surface area (Å²) < 4.78 is 42.0. The zero-order chi connectivity index (χ0) is 21.2. The molecule has 3 N–H and O–H groups in total. The Morgan fingerprint density at radius 1 is 1.07 bits per heavy atom. The van der Waals surface area contributed by atoms with Crippen LogP contribution in [0.2, 0.25) is 0 Å². The number of aryl methyl sites for hydroxylation is 2. The first-order valence-corrected chi connectivity index (χ1v) is 10.3. The maximum Gasteiger partial charge on any atom is 0.264 e. The van der Waals surface area contributed by atoms with Crippen LogP contribution in [0.15, 0.2) is 53.7 Å². The van der Waals surface area contributed by atoms with Gasteiger partial charge in [0.1, 0.15) is 22.8 Å². The van der Waals surface area contributed by atoms with E-state index in [0.29, 0.717) is 22.6 Å². The predicted molar refractivity (Wildman–Crippen MR) is 109 cm³/mol. The summed E-state index contributed by atoms with van der Waals surface area (Å²) in [5.41, 5.74) is 2.67. The Kier molecular flexibility index (Phi) is 5.81. The molecule has 7 nitrogen and oxygen atoms in total. The van der Waals surface area contributed by atoms with Gasteiger partial charge >= 0.3 is 0 Å². The van der Waals surface area contributed by atoms with Crippen LogP contribution in [0, 0.1) is 19.7 Å². The van der Waals surface area contributed by atoms with Crippen LogP contribution in [0.5, 0.6) is 0 Å². The van der Waals surface area contributed by atoms with Gasteiger partial charge in [0.2, 0.25) is 0 Å². The third kappa shape index (κ3) is 4.87. The largest absolute Gasteiger partial charge is 0.374 e. The topological polar surface area (TPSA) is 104 Å². The van der Waals surface area contributed by atoms with Gasteiger partial charge in [0, 0.05) is 18.0 Å². The second-order valence-corrected chi connectivity index (χ2v) is 8.30. The summed E-state index contributed by atoms with van der Waals surface area (Å²) in [6, 6.07) is 8.97. The van der Waals surface area contributed by atoms with Crippen LogP contribution in [0.1, 0.15) is 18.2 Å². The molecule has 3 aromatic rings. The van der Waals surface area contributed by atoms with E-state index >= 15 is 0 Å². The Morgan fingerprint density at radius 3 is 2.55 bits per heavy atom. The molecule has 152 valence electrons. The number of nitrogens with zero attached hydrogens (tertiary/aromatic N) is 2. The molecule has 0 saturated carbocycles. The quantitative estimate of drug-likeness (QED) is 0.532. The molecule has 0 aliphatic heterocycles. The minimum atomic E-state index is -4.13. The van der Waals surface area contributed by atoms with E-state index in [1.54, 1.807) is 51.4 Å². The highest BCUT2D eigenvalue weighted by Gasteiger charge is 2.21. The molecule has 9 heteroatoms. The maximum atomic E-state index is 14.1. The number of aromatic nitrogens is 2. The van der Waals surface area contributed by atoms with Crippen molar-refractivity contribution in [1.29, 1.82) is 0 Å². The summed E-state index contributed by atoms with van der Waals surface area (Å²) in [6.45, 7) is 4.91. The smallest absolute Gasteiger partial charge is 0.264 e. The third-order valence-electron chi connectivity index (χ3n) is 4.16. The number of hydrogen-bond donors (Lipinski definition) is 3. The number of rotatable bonds is 6. The van der Waals surface area contributed by atoms with Crippen LogP contribution >= 0.6 is 0 Å². The van der Waals surface area contributed by atoms with E-state index < -0.39 is 27.0 Å². The standard InChI is InChI=1S/C20H21FN4O3S/c1-12-4-5-17(21)19(8-12)29(27,28)25-18-9-16(11-23-13(18)2)15-6-7-22-20(10-15)24-14(3)26/h4-11,14,25-26H,1-3H3,(H,22,24). The van der Waals surface area contributed by atoms with Gasteiger partial charge in [-0.2, -0.15) is 0 Å². The first kappa shape index (κ1) is 20.7. The molecule has 3 rings (SSSR count). The van der Waals surface area contributed by atoms with Gasteiger partial charge in [-0.1, -0.05) is 6.07 Å². The van der Waals surface area contributed by atoms with Crippen LogP contribution in [0.25, 0.3) is 11.1 Å². The van der Waals surface area contributed by atoms with E-state index in [4.69, 9.17) is 0 Å². The van der Waals surface area contributed by atoms with Crippen molar-refractivity contribution in [1.82, 2.24) is 9.97 Å². The van der Waals surface area contributed by atoms with E-state index in [9.17, 15) is 17.9 Å². The minimum absolute atomic E-state index is 0.241. The molecule has 2 heterocycles. The number of anilines is 2. The molecule has 0 aliphatic carbocycles. The Morgan fingerprint density at radius 2 is 1.83 bits per heavy atom. The first-order valence-electron chi connectivity index (χ1n) is 8.82. The highest BCUT2D eigenvalue weighted by Crippen LogP contribution is 2.27. The summed E-state index contributed by atoms with van der Waals surface area (Å²) in [4.78, 5) is 7.95. The van der Waals surface area contributed by atoms with Crippen molar-refractivity contribution in [2.75, 3.05) is 10.0 Å². The van der Waals surface area contributed by atoms with Gasteiger partial charge < -0.3 is 10.4 Å². The SMILES string of the molecule is Cc1ccc(F)c(S(=O)(=O)Nc2cc(-c3ccnc(NC(C)O)c3)cnc2C)c1. The first-order chi connectivity index (χ1) is 13.7. The molecule has 0 spiro atoms. The minimum Gasteiger partial charge on any atom is -0.374 e. The second kappa shape index (κ2) is 8.14. The fraction of sp³-hybridized carbons (Fsp3) is 0.200. The Labute approximate surface area is 168 Å². The van der Waals surface area contributed by atoms with Gasteiger partial charge in [0.05, 0.1) is 11.4 Å². The number of sulfonamides is 1. The lowest BCUT2D eigenvalue weighted by Gasteiger charge is -2.13. The van der Waals surface area contributed by atoms with Crippen molar-refractivity contribution in [2.24, 2.45) is 0 Å². The molecule has 0 aliphatic rings. The number of pyridine rings is 2. The van der Waals surface area contributed by atoms with Crippen molar-refractivity contribution in [3.63, 3.8) is 0 Å². The maximum absolute atomic E-state index is 14.1.